The van der Waals surface area contributed by atoms with E-state index < -0.39 is 6.29 Å². The van der Waals surface area contributed by atoms with Crippen LogP contribution < -0.4 is 0 Å². The Bertz CT molecular complexity index is 310. The third-order valence-corrected chi connectivity index (χ3v) is 5.12. The molecule has 0 aromatic rings. The lowest BCUT2D eigenvalue weighted by molar-refractivity contribution is -0.283. The predicted molar refractivity (Wildman–Crippen MR) is 96.1 cm³/mol. The zero-order valence-electron chi connectivity index (χ0n) is 16.3. The third kappa shape index (κ3) is 7.53. The second-order valence-electron chi connectivity index (χ2n) is 8.55. The molecule has 1 saturated carbocycles. The van der Waals surface area contributed by atoms with E-state index in [-0.39, 0.29) is 11.7 Å². The number of hydrogen-bond donors (Lipinski definition) is 1. The maximum Gasteiger partial charge on any atom is 0.163 e. The van der Waals surface area contributed by atoms with E-state index in [0.717, 1.165) is 32.1 Å². The molecule has 3 unspecified atom stereocenters. The summed E-state index contributed by atoms with van der Waals surface area (Å²) in [6.45, 7) is 13.0. The first kappa shape index (κ1) is 20.9. The van der Waals surface area contributed by atoms with Gasteiger partial charge in [-0.1, -0.05) is 60.8 Å². The Morgan fingerprint density at radius 1 is 1.04 bits per heavy atom. The summed E-state index contributed by atoms with van der Waals surface area (Å²) in [4.78, 5) is 0. The van der Waals surface area contributed by atoms with Crippen molar-refractivity contribution in [2.75, 3.05) is 0 Å². The molecule has 0 amide bonds. The van der Waals surface area contributed by atoms with Crippen LogP contribution in [0.2, 0.25) is 0 Å². The van der Waals surface area contributed by atoms with Crippen LogP contribution in [0, 0.1) is 17.3 Å². The Labute approximate surface area is 144 Å². The fraction of sp³-hybridized carbons (Fsp3) is 1.00. The summed E-state index contributed by atoms with van der Waals surface area (Å²) in [5.74, 6) is 1.04. The van der Waals surface area contributed by atoms with Crippen molar-refractivity contribution in [1.29, 1.82) is 0 Å². The minimum Gasteiger partial charge on any atom is -0.367 e. The first-order valence-corrected chi connectivity index (χ1v) is 9.75. The zero-order chi connectivity index (χ0) is 17.5. The van der Waals surface area contributed by atoms with Crippen molar-refractivity contribution in [3.63, 3.8) is 0 Å². The average molecular weight is 329 g/mol. The summed E-state index contributed by atoms with van der Waals surface area (Å²) in [5, 5.41) is 10.7. The molecule has 0 aromatic heterocycles. The number of rotatable bonds is 10. The Kier molecular flexibility index (Phi) is 9.10. The number of aliphatic hydroxyl groups excluding tert-OH is 1. The molecular weight excluding hydrogens is 288 g/mol. The van der Waals surface area contributed by atoms with Crippen LogP contribution in [0.25, 0.3) is 0 Å². The van der Waals surface area contributed by atoms with E-state index >= 15 is 0 Å². The molecule has 3 heteroatoms. The standard InChI is InChI=1S/C20H40O3/c1-7-20(6,14-16(4)5)19(21)23-18(13-15(2)3)22-17-11-9-8-10-12-17/h15-19,21H,7-14H2,1-6H3. The highest BCUT2D eigenvalue weighted by Crippen LogP contribution is 2.35. The lowest BCUT2D eigenvalue weighted by Crippen LogP contribution is -2.40. The average Bonchev–Trinajstić information content (AvgIpc) is 2.46. The van der Waals surface area contributed by atoms with Gasteiger partial charge in [0.1, 0.15) is 0 Å². The van der Waals surface area contributed by atoms with Crippen molar-refractivity contribution in [2.45, 2.75) is 112 Å². The molecule has 1 N–H and O–H groups in total. The minimum atomic E-state index is -0.762. The van der Waals surface area contributed by atoms with Crippen LogP contribution in [-0.2, 0) is 9.47 Å². The van der Waals surface area contributed by atoms with Gasteiger partial charge >= 0.3 is 0 Å². The highest BCUT2D eigenvalue weighted by molar-refractivity contribution is 4.78. The fourth-order valence-corrected chi connectivity index (χ4v) is 3.60. The van der Waals surface area contributed by atoms with Crippen LogP contribution in [0.15, 0.2) is 0 Å². The van der Waals surface area contributed by atoms with Gasteiger partial charge in [-0.05, 0) is 37.5 Å². The smallest absolute Gasteiger partial charge is 0.163 e. The van der Waals surface area contributed by atoms with Crippen molar-refractivity contribution in [3.8, 4) is 0 Å². The fourth-order valence-electron chi connectivity index (χ4n) is 3.60. The molecule has 1 aliphatic rings. The summed E-state index contributed by atoms with van der Waals surface area (Å²) in [7, 11) is 0. The van der Waals surface area contributed by atoms with Crippen molar-refractivity contribution in [3.05, 3.63) is 0 Å². The highest BCUT2D eigenvalue weighted by atomic mass is 16.7. The topological polar surface area (TPSA) is 38.7 Å². The van der Waals surface area contributed by atoms with Crippen LogP contribution in [0.1, 0.15) is 92.9 Å². The number of ether oxygens (including phenoxy) is 2. The summed E-state index contributed by atoms with van der Waals surface area (Å²) < 4.78 is 12.3. The molecule has 0 bridgehead atoms. The second-order valence-corrected chi connectivity index (χ2v) is 8.55. The van der Waals surface area contributed by atoms with Gasteiger partial charge in [-0.25, -0.2) is 0 Å². The van der Waals surface area contributed by atoms with Crippen LogP contribution in [0.5, 0.6) is 0 Å². The van der Waals surface area contributed by atoms with Crippen molar-refractivity contribution < 1.29 is 14.6 Å². The molecule has 0 spiro atoms. The van der Waals surface area contributed by atoms with E-state index in [1.807, 2.05) is 0 Å². The third-order valence-electron chi connectivity index (χ3n) is 5.12. The van der Waals surface area contributed by atoms with Crippen LogP contribution in [0.3, 0.4) is 0 Å². The van der Waals surface area contributed by atoms with Crippen LogP contribution in [-0.4, -0.2) is 23.8 Å². The summed E-state index contributed by atoms with van der Waals surface area (Å²) in [5.41, 5.74) is -0.209. The molecule has 1 fully saturated rings. The van der Waals surface area contributed by atoms with Crippen molar-refractivity contribution in [2.24, 2.45) is 17.3 Å². The van der Waals surface area contributed by atoms with Gasteiger partial charge < -0.3 is 14.6 Å². The molecule has 0 aliphatic heterocycles. The minimum absolute atomic E-state index is 0.209. The molecule has 0 aromatic carbocycles. The summed E-state index contributed by atoms with van der Waals surface area (Å²) in [6.07, 6.45) is 8.05. The van der Waals surface area contributed by atoms with E-state index in [2.05, 4.69) is 41.5 Å². The zero-order valence-corrected chi connectivity index (χ0v) is 16.3. The van der Waals surface area contributed by atoms with Crippen molar-refractivity contribution in [1.82, 2.24) is 0 Å². The van der Waals surface area contributed by atoms with Gasteiger partial charge in [0, 0.05) is 11.8 Å². The van der Waals surface area contributed by atoms with Gasteiger partial charge in [0.2, 0.25) is 0 Å². The van der Waals surface area contributed by atoms with E-state index in [1.54, 1.807) is 0 Å². The Hall–Kier alpha value is -0.120. The molecule has 1 rings (SSSR count). The normalized spacial score (nSPS) is 22.3. The monoisotopic (exact) mass is 328 g/mol. The molecule has 0 heterocycles. The van der Waals surface area contributed by atoms with Gasteiger partial charge in [-0.3, -0.25) is 0 Å². The SMILES string of the molecule is CCC(C)(CC(C)C)C(O)OC(CC(C)C)OC1CCCCC1. The predicted octanol–water partition coefficient (Wildman–Crippen LogP) is 5.51. The van der Waals surface area contributed by atoms with Gasteiger partial charge in [-0.2, -0.15) is 0 Å². The highest BCUT2D eigenvalue weighted by Gasteiger charge is 2.35. The largest absolute Gasteiger partial charge is 0.367 e. The molecule has 23 heavy (non-hydrogen) atoms. The maximum atomic E-state index is 10.7. The van der Waals surface area contributed by atoms with E-state index in [9.17, 15) is 5.11 Å². The first-order chi connectivity index (χ1) is 10.8. The molecular formula is C20H40O3. The lowest BCUT2D eigenvalue weighted by atomic mass is 9.79. The van der Waals surface area contributed by atoms with Gasteiger partial charge in [0.15, 0.2) is 12.6 Å². The second kappa shape index (κ2) is 10.0. The Morgan fingerprint density at radius 3 is 2.13 bits per heavy atom. The molecule has 1 aliphatic carbocycles. The maximum absolute atomic E-state index is 10.7. The molecule has 3 nitrogen and oxygen atoms in total. The van der Waals surface area contributed by atoms with E-state index in [1.165, 1.54) is 19.3 Å². The van der Waals surface area contributed by atoms with Gasteiger partial charge in [0.05, 0.1) is 6.10 Å². The number of aliphatic hydroxyl groups is 1. The summed E-state index contributed by atoms with van der Waals surface area (Å²) in [6, 6.07) is 0. The molecule has 0 radical (unpaired) electrons. The van der Waals surface area contributed by atoms with Crippen LogP contribution >= 0.6 is 0 Å². The lowest BCUT2D eigenvalue weighted by Gasteiger charge is -2.38. The van der Waals surface area contributed by atoms with E-state index in [0.29, 0.717) is 17.9 Å². The summed E-state index contributed by atoms with van der Waals surface area (Å²) >= 11 is 0. The van der Waals surface area contributed by atoms with Gasteiger partial charge in [0.25, 0.3) is 0 Å². The Balaban J connectivity index is 2.66. The number of hydrogen-bond acceptors (Lipinski definition) is 3. The molecule has 3 atom stereocenters. The first-order valence-electron chi connectivity index (χ1n) is 9.75. The Morgan fingerprint density at radius 2 is 1.65 bits per heavy atom. The van der Waals surface area contributed by atoms with Crippen molar-refractivity contribution >= 4 is 0 Å². The van der Waals surface area contributed by atoms with Gasteiger partial charge in [-0.15, -0.1) is 0 Å². The van der Waals surface area contributed by atoms with Crippen LogP contribution in [0.4, 0.5) is 0 Å². The van der Waals surface area contributed by atoms with E-state index in [4.69, 9.17) is 9.47 Å². The molecule has 138 valence electrons. The molecule has 0 saturated heterocycles. The quantitative estimate of drug-likeness (QED) is 0.538.